The highest BCUT2D eigenvalue weighted by Crippen LogP contribution is 2.08. The molecule has 2 aromatic rings. The second-order valence-electron chi connectivity index (χ2n) is 5.07. The molecule has 1 N–H and O–H groups in total. The smallest absolute Gasteiger partial charge is 0.407 e. The summed E-state index contributed by atoms with van der Waals surface area (Å²) < 4.78 is 5.25. The summed E-state index contributed by atoms with van der Waals surface area (Å²) in [4.78, 5) is 11.9. The number of amides is 1. The van der Waals surface area contributed by atoms with E-state index in [4.69, 9.17) is 16.3 Å². The molecule has 0 spiro atoms. The highest BCUT2D eigenvalue weighted by molar-refractivity contribution is 6.17. The lowest BCUT2D eigenvalue weighted by Gasteiger charge is -2.17. The zero-order valence-corrected chi connectivity index (χ0v) is 13.1. The minimum absolute atomic E-state index is 0.0248. The highest BCUT2D eigenvalue weighted by Gasteiger charge is 2.13. The average Bonchev–Trinajstić information content (AvgIpc) is 2.55. The van der Waals surface area contributed by atoms with Crippen LogP contribution in [-0.2, 0) is 17.8 Å². The fourth-order valence-corrected chi connectivity index (χ4v) is 2.45. The lowest BCUT2D eigenvalue weighted by Crippen LogP contribution is -2.37. The van der Waals surface area contributed by atoms with Gasteiger partial charge in [-0.05, 0) is 24.0 Å². The van der Waals surface area contributed by atoms with Gasteiger partial charge in [-0.15, -0.1) is 11.6 Å². The molecule has 0 bridgehead atoms. The van der Waals surface area contributed by atoms with Gasteiger partial charge in [-0.25, -0.2) is 4.79 Å². The van der Waals surface area contributed by atoms with Gasteiger partial charge in [0.05, 0.1) is 0 Å². The second kappa shape index (κ2) is 9.11. The molecule has 0 aliphatic carbocycles. The van der Waals surface area contributed by atoms with Gasteiger partial charge in [0.25, 0.3) is 0 Å². The maximum absolute atomic E-state index is 11.9. The number of carbonyl (C=O) groups is 1. The minimum Gasteiger partial charge on any atom is -0.445 e. The van der Waals surface area contributed by atoms with Crippen LogP contribution in [0.2, 0.25) is 0 Å². The SMILES string of the molecule is O=C(N[C@H](CCCl)Cc1ccccc1)OCc1ccccc1. The Kier molecular flexibility index (Phi) is 6.78. The van der Waals surface area contributed by atoms with E-state index >= 15 is 0 Å². The topological polar surface area (TPSA) is 38.3 Å². The third kappa shape index (κ3) is 5.78. The summed E-state index contributed by atoms with van der Waals surface area (Å²) >= 11 is 5.83. The van der Waals surface area contributed by atoms with E-state index in [9.17, 15) is 4.79 Å². The van der Waals surface area contributed by atoms with Crippen molar-refractivity contribution in [3.63, 3.8) is 0 Å². The van der Waals surface area contributed by atoms with Crippen LogP contribution in [-0.4, -0.2) is 18.0 Å². The molecule has 0 saturated heterocycles. The van der Waals surface area contributed by atoms with Crippen LogP contribution in [0.5, 0.6) is 0 Å². The molecule has 0 unspecified atom stereocenters. The number of hydrogen-bond acceptors (Lipinski definition) is 2. The molecule has 116 valence electrons. The molecule has 0 fully saturated rings. The van der Waals surface area contributed by atoms with Gasteiger partial charge in [0.2, 0.25) is 0 Å². The average molecular weight is 318 g/mol. The first-order chi connectivity index (χ1) is 10.8. The largest absolute Gasteiger partial charge is 0.445 e. The summed E-state index contributed by atoms with van der Waals surface area (Å²) in [6.45, 7) is 0.269. The van der Waals surface area contributed by atoms with Gasteiger partial charge in [0.15, 0.2) is 0 Å². The standard InChI is InChI=1S/C18H20ClNO2/c19-12-11-17(13-15-7-3-1-4-8-15)20-18(21)22-14-16-9-5-2-6-10-16/h1-10,17H,11-14H2,(H,20,21)/t17-/m1/s1. The maximum atomic E-state index is 11.9. The number of alkyl carbamates (subject to hydrolysis) is 1. The molecular formula is C18H20ClNO2. The van der Waals surface area contributed by atoms with Crippen molar-refractivity contribution in [1.82, 2.24) is 5.32 Å². The van der Waals surface area contributed by atoms with Crippen LogP contribution in [0.25, 0.3) is 0 Å². The van der Waals surface area contributed by atoms with E-state index < -0.39 is 6.09 Å². The van der Waals surface area contributed by atoms with Crippen molar-refractivity contribution in [3.8, 4) is 0 Å². The van der Waals surface area contributed by atoms with E-state index in [0.717, 1.165) is 12.0 Å². The van der Waals surface area contributed by atoms with Crippen LogP contribution in [0.4, 0.5) is 4.79 Å². The lowest BCUT2D eigenvalue weighted by atomic mass is 10.0. The van der Waals surface area contributed by atoms with Crippen LogP contribution in [0, 0.1) is 0 Å². The van der Waals surface area contributed by atoms with Crippen LogP contribution < -0.4 is 5.32 Å². The minimum atomic E-state index is -0.407. The zero-order chi connectivity index (χ0) is 15.6. The third-order valence-electron chi connectivity index (χ3n) is 3.32. The Morgan fingerprint density at radius 3 is 2.18 bits per heavy atom. The van der Waals surface area contributed by atoms with Gasteiger partial charge in [-0.2, -0.15) is 0 Å². The van der Waals surface area contributed by atoms with E-state index in [1.54, 1.807) is 0 Å². The van der Waals surface area contributed by atoms with Gasteiger partial charge < -0.3 is 10.1 Å². The Morgan fingerprint density at radius 1 is 1.00 bits per heavy atom. The van der Waals surface area contributed by atoms with E-state index in [-0.39, 0.29) is 12.6 Å². The van der Waals surface area contributed by atoms with Gasteiger partial charge >= 0.3 is 6.09 Å². The van der Waals surface area contributed by atoms with Crippen LogP contribution >= 0.6 is 11.6 Å². The summed E-state index contributed by atoms with van der Waals surface area (Å²) in [7, 11) is 0. The normalized spacial score (nSPS) is 11.7. The summed E-state index contributed by atoms with van der Waals surface area (Å²) in [5.41, 5.74) is 2.13. The molecule has 0 saturated carbocycles. The van der Waals surface area contributed by atoms with Crippen molar-refractivity contribution in [2.24, 2.45) is 0 Å². The molecule has 0 heterocycles. The number of benzene rings is 2. The molecule has 1 amide bonds. The fraction of sp³-hybridized carbons (Fsp3) is 0.278. The van der Waals surface area contributed by atoms with Crippen molar-refractivity contribution in [2.45, 2.75) is 25.5 Å². The first-order valence-corrected chi connectivity index (χ1v) is 7.88. The summed E-state index contributed by atoms with van der Waals surface area (Å²) in [6, 6.07) is 19.6. The first-order valence-electron chi connectivity index (χ1n) is 7.35. The Balaban J connectivity index is 1.83. The molecule has 0 radical (unpaired) electrons. The van der Waals surface area contributed by atoms with Gasteiger partial charge in [-0.1, -0.05) is 60.7 Å². The number of carbonyl (C=O) groups excluding carboxylic acids is 1. The lowest BCUT2D eigenvalue weighted by molar-refractivity contribution is 0.135. The number of rotatable bonds is 7. The Bertz CT molecular complexity index is 560. The third-order valence-corrected chi connectivity index (χ3v) is 3.54. The van der Waals surface area contributed by atoms with Crippen LogP contribution in [0.1, 0.15) is 17.5 Å². The van der Waals surface area contributed by atoms with Gasteiger partial charge in [0, 0.05) is 11.9 Å². The van der Waals surface area contributed by atoms with E-state index in [0.29, 0.717) is 12.3 Å². The molecule has 0 aliphatic rings. The van der Waals surface area contributed by atoms with Crippen LogP contribution in [0.3, 0.4) is 0 Å². The van der Waals surface area contributed by atoms with Crippen molar-refractivity contribution < 1.29 is 9.53 Å². The van der Waals surface area contributed by atoms with Crippen molar-refractivity contribution >= 4 is 17.7 Å². The molecule has 4 heteroatoms. The molecular weight excluding hydrogens is 298 g/mol. The number of nitrogens with one attached hydrogen (secondary N) is 1. The van der Waals surface area contributed by atoms with Crippen molar-refractivity contribution in [1.29, 1.82) is 0 Å². The van der Waals surface area contributed by atoms with Crippen molar-refractivity contribution in [2.75, 3.05) is 5.88 Å². The van der Waals surface area contributed by atoms with Crippen LogP contribution in [0.15, 0.2) is 60.7 Å². The van der Waals surface area contributed by atoms with Gasteiger partial charge in [0.1, 0.15) is 6.61 Å². The Labute approximate surface area is 136 Å². The number of ether oxygens (including phenoxy) is 1. The molecule has 2 aromatic carbocycles. The summed E-state index contributed by atoms with van der Waals surface area (Å²) in [5.74, 6) is 0.496. The van der Waals surface area contributed by atoms with Crippen molar-refractivity contribution in [3.05, 3.63) is 71.8 Å². The van der Waals surface area contributed by atoms with E-state index in [2.05, 4.69) is 5.32 Å². The Hall–Kier alpha value is -2.00. The highest BCUT2D eigenvalue weighted by atomic mass is 35.5. The summed E-state index contributed by atoms with van der Waals surface area (Å²) in [5, 5.41) is 2.89. The van der Waals surface area contributed by atoms with Gasteiger partial charge in [-0.3, -0.25) is 0 Å². The van der Waals surface area contributed by atoms with E-state index in [1.807, 2.05) is 60.7 Å². The number of halogens is 1. The van der Waals surface area contributed by atoms with E-state index in [1.165, 1.54) is 5.56 Å². The molecule has 1 atom stereocenters. The maximum Gasteiger partial charge on any atom is 0.407 e. The fourth-order valence-electron chi connectivity index (χ4n) is 2.19. The molecule has 22 heavy (non-hydrogen) atoms. The number of hydrogen-bond donors (Lipinski definition) is 1. The quantitative estimate of drug-likeness (QED) is 0.779. The zero-order valence-electron chi connectivity index (χ0n) is 12.4. The Morgan fingerprint density at radius 2 is 1.59 bits per heavy atom. The molecule has 2 rings (SSSR count). The molecule has 0 aliphatic heterocycles. The molecule has 0 aromatic heterocycles. The predicted molar refractivity (Wildman–Crippen MR) is 89.0 cm³/mol. The number of alkyl halides is 1. The predicted octanol–water partition coefficient (Wildman–Crippen LogP) is 4.15. The second-order valence-corrected chi connectivity index (χ2v) is 5.45. The first kappa shape index (κ1) is 16.4. The molecule has 3 nitrogen and oxygen atoms in total. The summed E-state index contributed by atoms with van der Waals surface area (Å²) in [6.07, 6.45) is 1.04. The monoisotopic (exact) mass is 317 g/mol.